The van der Waals surface area contributed by atoms with E-state index in [9.17, 15) is 22.8 Å². The molecule has 152 valence electrons. The number of pyridine rings is 2. The third-order valence-electron chi connectivity index (χ3n) is 4.67. The van der Waals surface area contributed by atoms with Gasteiger partial charge in [0.2, 0.25) is 0 Å². The molecule has 0 atom stereocenters. The summed E-state index contributed by atoms with van der Waals surface area (Å²) in [6.45, 7) is -0.00246. The van der Waals surface area contributed by atoms with Crippen molar-refractivity contribution >= 4 is 11.0 Å². The van der Waals surface area contributed by atoms with E-state index < -0.39 is 23.0 Å². The van der Waals surface area contributed by atoms with Crippen LogP contribution in [0.15, 0.2) is 76.7 Å². The number of benzene rings is 1. The second-order valence-electron chi connectivity index (χ2n) is 6.69. The SMILES string of the molecule is O=c1c2ncccc2n(Cc2ccc(C(F)(F)F)cc2)c(=O)n1Cc1cccnc1. The molecule has 0 N–H and O–H groups in total. The van der Waals surface area contributed by atoms with Crippen LogP contribution in [-0.2, 0) is 19.3 Å². The number of hydrogen-bond acceptors (Lipinski definition) is 4. The zero-order valence-corrected chi connectivity index (χ0v) is 15.5. The maximum atomic E-state index is 13.1. The first-order valence-electron chi connectivity index (χ1n) is 8.98. The largest absolute Gasteiger partial charge is 0.416 e. The van der Waals surface area contributed by atoms with Crippen molar-refractivity contribution in [2.45, 2.75) is 19.3 Å². The third kappa shape index (κ3) is 3.73. The molecule has 3 aromatic heterocycles. The van der Waals surface area contributed by atoms with E-state index in [2.05, 4.69) is 9.97 Å². The van der Waals surface area contributed by atoms with Crippen LogP contribution in [0.4, 0.5) is 13.2 Å². The van der Waals surface area contributed by atoms with Gasteiger partial charge in [0.05, 0.1) is 24.2 Å². The quantitative estimate of drug-likeness (QED) is 0.517. The fourth-order valence-corrected chi connectivity index (χ4v) is 3.19. The minimum absolute atomic E-state index is 0.00499. The molecule has 9 heteroatoms. The van der Waals surface area contributed by atoms with Gasteiger partial charge in [0.1, 0.15) is 0 Å². The Morgan fingerprint density at radius 3 is 2.20 bits per heavy atom. The Labute approximate surface area is 167 Å². The summed E-state index contributed by atoms with van der Waals surface area (Å²) in [6.07, 6.45) is 0.139. The molecule has 0 unspecified atom stereocenters. The van der Waals surface area contributed by atoms with Gasteiger partial charge in [0.25, 0.3) is 5.56 Å². The van der Waals surface area contributed by atoms with Crippen molar-refractivity contribution in [1.29, 1.82) is 0 Å². The topological polar surface area (TPSA) is 69.8 Å². The van der Waals surface area contributed by atoms with Crippen LogP contribution < -0.4 is 11.2 Å². The molecule has 0 aliphatic heterocycles. The molecule has 0 saturated carbocycles. The molecule has 4 aromatic rings. The van der Waals surface area contributed by atoms with Gasteiger partial charge < -0.3 is 0 Å². The van der Waals surface area contributed by atoms with Crippen LogP contribution in [0.5, 0.6) is 0 Å². The first-order chi connectivity index (χ1) is 14.3. The molecule has 0 aliphatic carbocycles. The van der Waals surface area contributed by atoms with E-state index in [1.54, 1.807) is 36.7 Å². The number of aromatic nitrogens is 4. The van der Waals surface area contributed by atoms with Gasteiger partial charge in [-0.3, -0.25) is 18.9 Å². The normalized spacial score (nSPS) is 11.7. The van der Waals surface area contributed by atoms with Crippen molar-refractivity contribution in [2.75, 3.05) is 0 Å². The van der Waals surface area contributed by atoms with Gasteiger partial charge in [-0.25, -0.2) is 9.78 Å². The predicted molar refractivity (Wildman–Crippen MR) is 104 cm³/mol. The second kappa shape index (κ2) is 7.58. The van der Waals surface area contributed by atoms with Crippen LogP contribution in [0.25, 0.3) is 11.0 Å². The van der Waals surface area contributed by atoms with Gasteiger partial charge in [-0.15, -0.1) is 0 Å². The second-order valence-corrected chi connectivity index (χ2v) is 6.69. The molecule has 6 nitrogen and oxygen atoms in total. The Morgan fingerprint density at radius 1 is 0.833 bits per heavy atom. The molecule has 0 aliphatic rings. The molecule has 3 heterocycles. The van der Waals surface area contributed by atoms with Crippen LogP contribution in [0, 0.1) is 0 Å². The summed E-state index contributed by atoms with van der Waals surface area (Å²) in [5.41, 5.74) is -0.323. The maximum Gasteiger partial charge on any atom is 0.416 e. The van der Waals surface area contributed by atoms with Crippen LogP contribution in [0.3, 0.4) is 0 Å². The van der Waals surface area contributed by atoms with E-state index in [-0.39, 0.29) is 18.6 Å². The number of nitrogens with zero attached hydrogens (tertiary/aromatic N) is 4. The van der Waals surface area contributed by atoms with Gasteiger partial charge in [-0.05, 0) is 41.5 Å². The number of halogens is 3. The molecular weight excluding hydrogens is 397 g/mol. The highest BCUT2D eigenvalue weighted by atomic mass is 19.4. The summed E-state index contributed by atoms with van der Waals surface area (Å²) in [5.74, 6) is 0. The molecule has 0 fully saturated rings. The molecule has 30 heavy (non-hydrogen) atoms. The predicted octanol–water partition coefficient (Wildman–Crippen LogP) is 3.07. The van der Waals surface area contributed by atoms with Gasteiger partial charge >= 0.3 is 11.9 Å². The van der Waals surface area contributed by atoms with Crippen LogP contribution in [-0.4, -0.2) is 19.1 Å². The van der Waals surface area contributed by atoms with Crippen LogP contribution in [0.1, 0.15) is 16.7 Å². The smallest absolute Gasteiger partial charge is 0.287 e. The van der Waals surface area contributed by atoms with Crippen LogP contribution in [0.2, 0.25) is 0 Å². The zero-order chi connectivity index (χ0) is 21.3. The van der Waals surface area contributed by atoms with Crippen molar-refractivity contribution in [3.63, 3.8) is 0 Å². The molecular formula is C21H15F3N4O2. The summed E-state index contributed by atoms with van der Waals surface area (Å²) >= 11 is 0. The molecule has 4 rings (SSSR count). The Morgan fingerprint density at radius 2 is 1.53 bits per heavy atom. The highest BCUT2D eigenvalue weighted by Crippen LogP contribution is 2.29. The van der Waals surface area contributed by atoms with Crippen molar-refractivity contribution in [3.8, 4) is 0 Å². The van der Waals surface area contributed by atoms with Crippen molar-refractivity contribution in [1.82, 2.24) is 19.1 Å². The lowest BCUT2D eigenvalue weighted by Gasteiger charge is -2.14. The number of alkyl halides is 3. The first-order valence-corrected chi connectivity index (χ1v) is 8.98. The molecule has 0 spiro atoms. The fourth-order valence-electron chi connectivity index (χ4n) is 3.19. The number of rotatable bonds is 4. The van der Waals surface area contributed by atoms with Crippen molar-refractivity contribution < 1.29 is 13.2 Å². The van der Waals surface area contributed by atoms with E-state index in [1.165, 1.54) is 22.9 Å². The molecule has 0 amide bonds. The number of fused-ring (bicyclic) bond motifs is 1. The maximum absolute atomic E-state index is 13.1. The lowest BCUT2D eigenvalue weighted by atomic mass is 10.1. The third-order valence-corrected chi connectivity index (χ3v) is 4.67. The summed E-state index contributed by atoms with van der Waals surface area (Å²) in [5, 5.41) is 0. The summed E-state index contributed by atoms with van der Waals surface area (Å²) in [4.78, 5) is 34.1. The average molecular weight is 412 g/mol. The summed E-state index contributed by atoms with van der Waals surface area (Å²) in [6, 6.07) is 11.2. The zero-order valence-electron chi connectivity index (χ0n) is 15.5. The van der Waals surface area contributed by atoms with Crippen molar-refractivity contribution in [3.05, 3.63) is 105 Å². The van der Waals surface area contributed by atoms with Gasteiger partial charge in [0.15, 0.2) is 5.52 Å². The molecule has 0 bridgehead atoms. The Balaban J connectivity index is 1.83. The highest BCUT2D eigenvalue weighted by Gasteiger charge is 2.30. The summed E-state index contributed by atoms with van der Waals surface area (Å²) < 4.78 is 40.8. The van der Waals surface area contributed by atoms with E-state index in [1.807, 2.05) is 0 Å². The first kappa shape index (κ1) is 19.6. The van der Waals surface area contributed by atoms with E-state index in [0.29, 0.717) is 16.6 Å². The Kier molecular flexibility index (Phi) is 4.94. The lowest BCUT2D eigenvalue weighted by molar-refractivity contribution is -0.137. The Bertz CT molecular complexity index is 1310. The van der Waals surface area contributed by atoms with E-state index in [0.717, 1.165) is 16.7 Å². The minimum Gasteiger partial charge on any atom is -0.287 e. The van der Waals surface area contributed by atoms with Crippen molar-refractivity contribution in [2.24, 2.45) is 0 Å². The average Bonchev–Trinajstić information content (AvgIpc) is 2.75. The van der Waals surface area contributed by atoms with E-state index >= 15 is 0 Å². The Hall–Kier alpha value is -3.75. The monoisotopic (exact) mass is 412 g/mol. The van der Waals surface area contributed by atoms with Gasteiger partial charge in [0, 0.05) is 18.6 Å². The lowest BCUT2D eigenvalue weighted by Crippen LogP contribution is -2.40. The van der Waals surface area contributed by atoms with Gasteiger partial charge in [-0.2, -0.15) is 13.2 Å². The van der Waals surface area contributed by atoms with Crippen LogP contribution >= 0.6 is 0 Å². The molecule has 0 radical (unpaired) electrons. The standard InChI is InChI=1S/C21H15F3N4O2/c22-21(23,24)16-7-5-14(6-8-16)12-27-17-4-2-10-26-18(17)19(29)28(20(27)30)13-15-3-1-9-25-11-15/h1-11H,12-13H2. The molecule has 0 saturated heterocycles. The molecule has 1 aromatic carbocycles. The number of hydrogen-bond donors (Lipinski definition) is 0. The van der Waals surface area contributed by atoms with E-state index in [4.69, 9.17) is 0 Å². The van der Waals surface area contributed by atoms with Gasteiger partial charge in [-0.1, -0.05) is 18.2 Å². The minimum atomic E-state index is -4.44. The summed E-state index contributed by atoms with van der Waals surface area (Å²) in [7, 11) is 0. The highest BCUT2D eigenvalue weighted by molar-refractivity contribution is 5.73. The fraction of sp³-hybridized carbons (Fsp3) is 0.143.